The van der Waals surface area contributed by atoms with Crippen LogP contribution in [-0.2, 0) is 9.47 Å². The van der Waals surface area contributed by atoms with Gasteiger partial charge in [-0.25, -0.2) is 0 Å². The van der Waals surface area contributed by atoms with E-state index < -0.39 is 48.5 Å². The molecule has 0 aromatic carbocycles. The first-order chi connectivity index (χ1) is 12.9. The van der Waals surface area contributed by atoms with E-state index >= 15 is 0 Å². The van der Waals surface area contributed by atoms with Crippen LogP contribution in [0.15, 0.2) is 0 Å². The van der Waals surface area contributed by atoms with Gasteiger partial charge in [-0.05, 0) is 70.1 Å². The largest absolute Gasteiger partial charge is 0.394 e. The highest BCUT2D eigenvalue weighted by Crippen LogP contribution is 2.58. The number of aliphatic hydroxyl groups is 5. The maximum absolute atomic E-state index is 10.6. The van der Waals surface area contributed by atoms with E-state index in [4.69, 9.17) is 9.47 Å². The average molecular weight is 403 g/mol. The van der Waals surface area contributed by atoms with Crippen molar-refractivity contribution in [2.45, 2.75) is 108 Å². The van der Waals surface area contributed by atoms with Gasteiger partial charge in [0.05, 0.1) is 17.8 Å². The van der Waals surface area contributed by atoms with Gasteiger partial charge in [0.25, 0.3) is 0 Å². The van der Waals surface area contributed by atoms with Gasteiger partial charge < -0.3 is 35.0 Å². The molecule has 3 aliphatic rings. The number of rotatable bonds is 4. The van der Waals surface area contributed by atoms with Crippen molar-refractivity contribution in [1.29, 1.82) is 0 Å². The normalized spacial score (nSPS) is 50.2. The Morgan fingerprint density at radius 3 is 2.32 bits per heavy atom. The van der Waals surface area contributed by atoms with Crippen LogP contribution in [0.1, 0.15) is 66.2 Å². The van der Waals surface area contributed by atoms with E-state index in [1.54, 1.807) is 0 Å². The molecular weight excluding hydrogens is 364 g/mol. The zero-order valence-electron chi connectivity index (χ0n) is 17.5. The third-order valence-electron chi connectivity index (χ3n) is 7.82. The van der Waals surface area contributed by atoms with Crippen LogP contribution >= 0.6 is 0 Å². The van der Waals surface area contributed by atoms with Crippen LogP contribution in [0, 0.1) is 17.3 Å². The molecule has 7 nitrogen and oxygen atoms in total. The van der Waals surface area contributed by atoms with Crippen molar-refractivity contribution in [2.24, 2.45) is 17.3 Å². The fourth-order valence-electron chi connectivity index (χ4n) is 5.88. The molecule has 7 heteroatoms. The van der Waals surface area contributed by atoms with Gasteiger partial charge in [-0.1, -0.05) is 13.3 Å². The van der Waals surface area contributed by atoms with Crippen LogP contribution in [0.3, 0.4) is 0 Å². The SMILES string of the molecule is CC(C)(O)[C@H]1CC[C@]2(C)CCC[C@](C)(O[C@@H]3O[C@H](CO)[C@@H](O)[C@H](O)[C@H]3O)[C@H]2C1. The summed E-state index contributed by atoms with van der Waals surface area (Å²) in [7, 11) is 0. The summed E-state index contributed by atoms with van der Waals surface area (Å²) in [6.07, 6.45) is -0.609. The van der Waals surface area contributed by atoms with E-state index in [1.165, 1.54) is 0 Å². The first-order valence-corrected chi connectivity index (χ1v) is 10.6. The summed E-state index contributed by atoms with van der Waals surface area (Å²) in [6, 6.07) is 0. The molecule has 0 amide bonds. The second-order valence-corrected chi connectivity index (χ2v) is 10.3. The fourth-order valence-corrected chi connectivity index (χ4v) is 5.88. The molecule has 0 spiro atoms. The van der Waals surface area contributed by atoms with Crippen molar-refractivity contribution in [3.63, 3.8) is 0 Å². The monoisotopic (exact) mass is 402 g/mol. The molecule has 3 fully saturated rings. The first kappa shape index (κ1) is 22.4. The van der Waals surface area contributed by atoms with Gasteiger partial charge in [0.2, 0.25) is 0 Å². The van der Waals surface area contributed by atoms with E-state index in [0.29, 0.717) is 0 Å². The Bertz CT molecular complexity index is 547. The van der Waals surface area contributed by atoms with Crippen LogP contribution in [-0.4, -0.2) is 74.0 Å². The van der Waals surface area contributed by atoms with Crippen LogP contribution in [0.2, 0.25) is 0 Å². The molecule has 1 saturated heterocycles. The van der Waals surface area contributed by atoms with E-state index in [2.05, 4.69) is 6.92 Å². The minimum Gasteiger partial charge on any atom is -0.394 e. The molecule has 3 rings (SSSR count). The summed E-state index contributed by atoms with van der Waals surface area (Å²) >= 11 is 0. The van der Waals surface area contributed by atoms with Crippen LogP contribution in [0.4, 0.5) is 0 Å². The molecule has 1 aliphatic heterocycles. The van der Waals surface area contributed by atoms with Crippen molar-refractivity contribution in [3.8, 4) is 0 Å². The molecule has 2 aliphatic carbocycles. The van der Waals surface area contributed by atoms with Gasteiger partial charge in [-0.2, -0.15) is 0 Å². The van der Waals surface area contributed by atoms with Gasteiger partial charge >= 0.3 is 0 Å². The highest BCUT2D eigenvalue weighted by Gasteiger charge is 2.56. The minimum atomic E-state index is -1.44. The maximum atomic E-state index is 10.6. The van der Waals surface area contributed by atoms with E-state index in [0.717, 1.165) is 38.5 Å². The lowest BCUT2D eigenvalue weighted by Gasteiger charge is -2.58. The second-order valence-electron chi connectivity index (χ2n) is 10.3. The fraction of sp³-hybridized carbons (Fsp3) is 1.00. The first-order valence-electron chi connectivity index (χ1n) is 10.6. The number of ether oxygens (including phenoxy) is 2. The Morgan fingerprint density at radius 2 is 1.71 bits per heavy atom. The molecule has 28 heavy (non-hydrogen) atoms. The summed E-state index contributed by atoms with van der Waals surface area (Å²) in [6.45, 7) is 7.57. The summed E-state index contributed by atoms with van der Waals surface area (Å²) < 4.78 is 12.0. The Labute approximate surface area is 167 Å². The lowest BCUT2D eigenvalue weighted by molar-refractivity contribution is -0.341. The van der Waals surface area contributed by atoms with E-state index in [-0.39, 0.29) is 17.3 Å². The molecule has 9 atom stereocenters. The van der Waals surface area contributed by atoms with Crippen LogP contribution in [0.25, 0.3) is 0 Å². The topological polar surface area (TPSA) is 120 Å². The van der Waals surface area contributed by atoms with E-state index in [1.807, 2.05) is 20.8 Å². The lowest BCUT2D eigenvalue weighted by Crippen LogP contribution is -2.63. The highest BCUT2D eigenvalue weighted by molar-refractivity contribution is 5.05. The average Bonchev–Trinajstić information content (AvgIpc) is 2.61. The summed E-state index contributed by atoms with van der Waals surface area (Å²) in [5, 5.41) is 50.6. The number of aliphatic hydroxyl groups excluding tert-OH is 4. The summed E-state index contributed by atoms with van der Waals surface area (Å²) in [5.41, 5.74) is -1.27. The van der Waals surface area contributed by atoms with Gasteiger partial charge in [0.15, 0.2) is 6.29 Å². The number of hydrogen-bond acceptors (Lipinski definition) is 7. The maximum Gasteiger partial charge on any atom is 0.187 e. The second kappa shape index (κ2) is 7.76. The van der Waals surface area contributed by atoms with Gasteiger partial charge in [-0.3, -0.25) is 0 Å². The van der Waals surface area contributed by atoms with Gasteiger partial charge in [-0.15, -0.1) is 0 Å². The molecule has 164 valence electrons. The van der Waals surface area contributed by atoms with E-state index in [9.17, 15) is 25.5 Å². The van der Waals surface area contributed by atoms with Crippen molar-refractivity contribution < 1.29 is 35.0 Å². The van der Waals surface area contributed by atoms with Crippen molar-refractivity contribution in [2.75, 3.05) is 6.61 Å². The van der Waals surface area contributed by atoms with Gasteiger partial charge in [0.1, 0.15) is 24.4 Å². The molecule has 1 heterocycles. The molecule has 0 aromatic heterocycles. The molecule has 5 N–H and O–H groups in total. The Hall–Kier alpha value is -0.280. The van der Waals surface area contributed by atoms with Crippen LogP contribution in [0.5, 0.6) is 0 Å². The zero-order chi connectivity index (χ0) is 20.9. The summed E-state index contributed by atoms with van der Waals surface area (Å²) in [5.74, 6) is 0.340. The third-order valence-corrected chi connectivity index (χ3v) is 7.82. The molecule has 0 aromatic rings. The minimum absolute atomic E-state index is 0.0862. The molecule has 0 radical (unpaired) electrons. The predicted molar refractivity (Wildman–Crippen MR) is 102 cm³/mol. The number of hydrogen-bond donors (Lipinski definition) is 5. The molecule has 0 unspecified atom stereocenters. The van der Waals surface area contributed by atoms with Crippen molar-refractivity contribution >= 4 is 0 Å². The highest BCUT2D eigenvalue weighted by atomic mass is 16.7. The Morgan fingerprint density at radius 1 is 1.04 bits per heavy atom. The number of fused-ring (bicyclic) bond motifs is 1. The van der Waals surface area contributed by atoms with Crippen LogP contribution < -0.4 is 0 Å². The Balaban J connectivity index is 1.82. The van der Waals surface area contributed by atoms with Crippen molar-refractivity contribution in [3.05, 3.63) is 0 Å². The lowest BCUT2D eigenvalue weighted by atomic mass is 9.52. The molecular formula is C21H38O7. The molecule has 0 bridgehead atoms. The summed E-state index contributed by atoms with van der Waals surface area (Å²) in [4.78, 5) is 0. The standard InChI is InChI=1S/C21H38O7/c1-19(2,26)12-6-9-20(3)7-5-8-21(4,14(20)10-12)28-18-17(25)16(24)15(23)13(11-22)27-18/h12-18,22-26H,5-11H2,1-4H3/t12-,13+,14-,15+,16-,17+,18-,20-,21-/m0/s1. The van der Waals surface area contributed by atoms with Gasteiger partial charge in [0, 0.05) is 0 Å². The Kier molecular flexibility index (Phi) is 6.21. The quantitative estimate of drug-likeness (QED) is 0.475. The zero-order valence-corrected chi connectivity index (χ0v) is 17.5. The van der Waals surface area contributed by atoms with Crippen molar-refractivity contribution in [1.82, 2.24) is 0 Å². The predicted octanol–water partition coefficient (Wildman–Crippen LogP) is 0.939. The smallest absolute Gasteiger partial charge is 0.187 e. The molecule has 2 saturated carbocycles. The third kappa shape index (κ3) is 4.00.